The third kappa shape index (κ3) is 2.83. The molecule has 0 bridgehead atoms. The number of amides is 1. The molecule has 27 heavy (non-hydrogen) atoms. The zero-order chi connectivity index (χ0) is 18.2. The van der Waals surface area contributed by atoms with Crippen molar-refractivity contribution in [3.63, 3.8) is 0 Å². The Hall–Kier alpha value is -3.29. The van der Waals surface area contributed by atoms with Crippen LogP contribution in [0.25, 0.3) is 16.7 Å². The van der Waals surface area contributed by atoms with Crippen molar-refractivity contribution in [2.75, 3.05) is 0 Å². The summed E-state index contributed by atoms with van der Waals surface area (Å²) in [7, 11) is 0. The van der Waals surface area contributed by atoms with Crippen LogP contribution in [0.15, 0.2) is 36.8 Å². The van der Waals surface area contributed by atoms with Gasteiger partial charge in [0, 0.05) is 12.1 Å². The average Bonchev–Trinajstić information content (AvgIpc) is 3.44. The van der Waals surface area contributed by atoms with E-state index in [9.17, 15) is 4.79 Å². The standard InChI is InChI=1S/C19H19N7O/c27-19(20-10-14-7-3-6-13-8-9-23-26(13)14)16-15-18(22-11-21-16)25-17(24-15)12-4-1-2-5-12/h3,6-9,11-12H,1-2,4-5,10H2,(H,20,27)(H,21,22,24,25). The van der Waals surface area contributed by atoms with Gasteiger partial charge in [0.05, 0.1) is 17.8 Å². The van der Waals surface area contributed by atoms with Gasteiger partial charge in [0.15, 0.2) is 11.3 Å². The molecular weight excluding hydrogens is 342 g/mol. The summed E-state index contributed by atoms with van der Waals surface area (Å²) < 4.78 is 1.81. The fraction of sp³-hybridized carbons (Fsp3) is 0.316. The molecule has 4 aromatic rings. The van der Waals surface area contributed by atoms with Crippen molar-refractivity contribution in [1.29, 1.82) is 0 Å². The first kappa shape index (κ1) is 15.9. The van der Waals surface area contributed by atoms with E-state index in [-0.39, 0.29) is 5.91 Å². The van der Waals surface area contributed by atoms with E-state index in [2.05, 4.69) is 30.4 Å². The second kappa shape index (κ2) is 6.46. The Morgan fingerprint density at radius 2 is 2.11 bits per heavy atom. The first-order chi connectivity index (χ1) is 13.3. The summed E-state index contributed by atoms with van der Waals surface area (Å²) >= 11 is 0. The summed E-state index contributed by atoms with van der Waals surface area (Å²) in [5.74, 6) is 1.08. The highest BCUT2D eigenvalue weighted by Crippen LogP contribution is 2.33. The van der Waals surface area contributed by atoms with Crippen LogP contribution in [0.4, 0.5) is 0 Å². The normalized spacial score (nSPS) is 15.0. The van der Waals surface area contributed by atoms with Crippen LogP contribution in [-0.4, -0.2) is 35.5 Å². The molecule has 4 heterocycles. The largest absolute Gasteiger partial charge is 0.345 e. The van der Waals surface area contributed by atoms with Gasteiger partial charge in [-0.1, -0.05) is 18.9 Å². The van der Waals surface area contributed by atoms with E-state index in [1.165, 1.54) is 19.2 Å². The number of fused-ring (bicyclic) bond motifs is 2. The number of imidazole rings is 1. The van der Waals surface area contributed by atoms with Gasteiger partial charge in [-0.25, -0.2) is 19.5 Å². The molecule has 0 atom stereocenters. The van der Waals surface area contributed by atoms with E-state index in [1.54, 1.807) is 6.20 Å². The number of hydrogen-bond acceptors (Lipinski definition) is 5. The van der Waals surface area contributed by atoms with Gasteiger partial charge < -0.3 is 10.3 Å². The molecular formula is C19H19N7O. The summed E-state index contributed by atoms with van der Waals surface area (Å²) in [4.78, 5) is 29.1. The Morgan fingerprint density at radius 3 is 3.00 bits per heavy atom. The maximum atomic E-state index is 12.8. The van der Waals surface area contributed by atoms with Crippen LogP contribution in [0.3, 0.4) is 0 Å². The van der Waals surface area contributed by atoms with Gasteiger partial charge in [-0.05, 0) is 31.0 Å². The highest BCUT2D eigenvalue weighted by molar-refractivity contribution is 6.02. The minimum atomic E-state index is -0.256. The van der Waals surface area contributed by atoms with Crippen molar-refractivity contribution in [3.8, 4) is 0 Å². The number of rotatable bonds is 4. The topological polar surface area (TPSA) is 101 Å². The summed E-state index contributed by atoms with van der Waals surface area (Å²) in [5.41, 5.74) is 3.36. The molecule has 1 aliphatic rings. The van der Waals surface area contributed by atoms with Gasteiger partial charge in [0.1, 0.15) is 17.7 Å². The highest BCUT2D eigenvalue weighted by atomic mass is 16.1. The maximum absolute atomic E-state index is 12.8. The Morgan fingerprint density at radius 1 is 1.22 bits per heavy atom. The average molecular weight is 361 g/mol. The number of carbonyl (C=O) groups excluding carboxylic acids is 1. The van der Waals surface area contributed by atoms with Gasteiger partial charge in [0.25, 0.3) is 5.91 Å². The molecule has 0 aliphatic heterocycles. The second-order valence-electron chi connectivity index (χ2n) is 6.89. The van der Waals surface area contributed by atoms with Gasteiger partial charge in [-0.15, -0.1) is 0 Å². The minimum absolute atomic E-state index is 0.256. The third-order valence-corrected chi connectivity index (χ3v) is 5.19. The van der Waals surface area contributed by atoms with Crippen molar-refractivity contribution in [2.45, 2.75) is 38.1 Å². The molecule has 1 amide bonds. The predicted octanol–water partition coefficient (Wildman–Crippen LogP) is 2.59. The van der Waals surface area contributed by atoms with Crippen LogP contribution in [0.1, 0.15) is 53.6 Å². The van der Waals surface area contributed by atoms with E-state index in [0.29, 0.717) is 29.3 Å². The van der Waals surface area contributed by atoms with Gasteiger partial charge in [-0.2, -0.15) is 5.10 Å². The summed E-state index contributed by atoms with van der Waals surface area (Å²) in [6.45, 7) is 0.354. The number of nitrogens with zero attached hydrogens (tertiary/aromatic N) is 5. The molecule has 1 aliphatic carbocycles. The zero-order valence-corrected chi connectivity index (χ0v) is 14.7. The van der Waals surface area contributed by atoms with Gasteiger partial charge >= 0.3 is 0 Å². The number of carbonyl (C=O) groups is 1. The van der Waals surface area contributed by atoms with Gasteiger partial charge in [0.2, 0.25) is 0 Å². The van der Waals surface area contributed by atoms with Gasteiger partial charge in [-0.3, -0.25) is 4.79 Å². The maximum Gasteiger partial charge on any atom is 0.272 e. The first-order valence-electron chi connectivity index (χ1n) is 9.20. The number of aromatic nitrogens is 6. The van der Waals surface area contributed by atoms with Crippen LogP contribution in [0, 0.1) is 0 Å². The van der Waals surface area contributed by atoms with E-state index in [0.717, 1.165) is 29.9 Å². The molecule has 8 heteroatoms. The first-order valence-corrected chi connectivity index (χ1v) is 9.20. The van der Waals surface area contributed by atoms with E-state index < -0.39 is 0 Å². The molecule has 0 radical (unpaired) electrons. The molecule has 8 nitrogen and oxygen atoms in total. The Kier molecular flexibility index (Phi) is 3.81. The number of hydrogen-bond donors (Lipinski definition) is 2. The lowest BCUT2D eigenvalue weighted by atomic mass is 10.1. The van der Waals surface area contributed by atoms with Crippen molar-refractivity contribution >= 4 is 22.6 Å². The molecule has 5 rings (SSSR count). The van der Waals surface area contributed by atoms with Crippen LogP contribution >= 0.6 is 0 Å². The molecule has 1 saturated carbocycles. The monoisotopic (exact) mass is 361 g/mol. The lowest BCUT2D eigenvalue weighted by Gasteiger charge is -2.07. The molecule has 136 valence electrons. The van der Waals surface area contributed by atoms with Crippen LogP contribution < -0.4 is 5.32 Å². The summed E-state index contributed by atoms with van der Waals surface area (Å²) in [5, 5.41) is 7.22. The van der Waals surface area contributed by atoms with E-state index >= 15 is 0 Å². The zero-order valence-electron chi connectivity index (χ0n) is 14.7. The third-order valence-electron chi connectivity index (χ3n) is 5.19. The molecule has 4 aromatic heterocycles. The SMILES string of the molecule is O=C(NCc1cccc2ccnn12)c1ncnc2nc(C3CCCC3)[nH]c12. The fourth-order valence-corrected chi connectivity index (χ4v) is 3.81. The molecule has 0 spiro atoms. The van der Waals surface area contributed by atoms with Crippen molar-refractivity contribution < 1.29 is 4.79 Å². The predicted molar refractivity (Wildman–Crippen MR) is 99.3 cm³/mol. The van der Waals surface area contributed by atoms with Crippen molar-refractivity contribution in [3.05, 3.63) is 54.0 Å². The van der Waals surface area contributed by atoms with E-state index in [4.69, 9.17) is 0 Å². The fourth-order valence-electron chi connectivity index (χ4n) is 3.81. The van der Waals surface area contributed by atoms with E-state index in [1.807, 2.05) is 28.8 Å². The minimum Gasteiger partial charge on any atom is -0.345 e. The van der Waals surface area contributed by atoms with Crippen LogP contribution in [0.5, 0.6) is 0 Å². The number of pyridine rings is 1. The number of H-pyrrole nitrogens is 1. The second-order valence-corrected chi connectivity index (χ2v) is 6.89. The highest BCUT2D eigenvalue weighted by Gasteiger charge is 2.23. The molecule has 1 fully saturated rings. The van der Waals surface area contributed by atoms with Crippen molar-refractivity contribution in [2.24, 2.45) is 0 Å². The summed E-state index contributed by atoms with van der Waals surface area (Å²) in [6, 6.07) is 7.78. The molecule has 0 unspecified atom stereocenters. The lowest BCUT2D eigenvalue weighted by Crippen LogP contribution is -2.25. The Balaban J connectivity index is 1.41. The Bertz CT molecular complexity index is 1120. The Labute approximate surface area is 155 Å². The van der Waals surface area contributed by atoms with Crippen LogP contribution in [0.2, 0.25) is 0 Å². The number of aromatic amines is 1. The smallest absolute Gasteiger partial charge is 0.272 e. The number of nitrogens with one attached hydrogen (secondary N) is 2. The lowest BCUT2D eigenvalue weighted by molar-refractivity contribution is 0.0946. The quantitative estimate of drug-likeness (QED) is 0.582. The molecule has 0 saturated heterocycles. The van der Waals surface area contributed by atoms with Crippen molar-refractivity contribution in [1.82, 2.24) is 34.9 Å². The molecule has 0 aromatic carbocycles. The van der Waals surface area contributed by atoms with Crippen LogP contribution in [-0.2, 0) is 6.54 Å². The molecule has 2 N–H and O–H groups in total. The summed E-state index contributed by atoms with van der Waals surface area (Å²) in [6.07, 6.45) is 7.83.